The zero-order valence-electron chi connectivity index (χ0n) is 23.0. The Balaban J connectivity index is 1.73. The molecule has 10 nitrogen and oxygen atoms in total. The lowest BCUT2D eigenvalue weighted by Gasteiger charge is -2.30. The van der Waals surface area contributed by atoms with E-state index in [0.29, 0.717) is 11.1 Å². The van der Waals surface area contributed by atoms with Crippen LogP contribution in [0.5, 0.6) is 17.2 Å². The van der Waals surface area contributed by atoms with E-state index in [9.17, 15) is 29.4 Å². The Morgan fingerprint density at radius 3 is 1.95 bits per heavy atom. The zero-order chi connectivity index (χ0) is 29.2. The van der Waals surface area contributed by atoms with E-state index in [0.717, 1.165) is 0 Å². The standard InChI is InChI=1S/C31H26O10/c1-9-6-13-17(11(3)39-9)26(34)19-15(24(13)32)8-16(38-5)20-23-28(36)22-21(29(37)31(23)41-30(19)20)25(33)14-7-10(2)40-12(4)18(14)27(22)35/h8-12,33,35H,6-7H2,1-5H3/t9-,10-,11+,12+/m0/s1. The SMILES string of the molecule is COc1cc2c(=O)c3c(c(=O)c2c2oc4c(=O)c5c(O)c6c(c(O)c5c(=O)c4c12)[C@@H](C)O[C@@H](C)C6)[C@@H](C)O[C@@H](C)C3. The Kier molecular flexibility index (Phi) is 5.24. The van der Waals surface area contributed by atoms with E-state index in [1.54, 1.807) is 20.8 Å². The van der Waals surface area contributed by atoms with Crippen LogP contribution in [0.15, 0.2) is 29.7 Å². The summed E-state index contributed by atoms with van der Waals surface area (Å²) in [7, 11) is 1.34. The highest BCUT2D eigenvalue weighted by Gasteiger charge is 2.35. The fourth-order valence-corrected chi connectivity index (χ4v) is 6.99. The summed E-state index contributed by atoms with van der Waals surface area (Å²) in [5.74, 6) is -0.818. The summed E-state index contributed by atoms with van der Waals surface area (Å²) in [4.78, 5) is 55.6. The van der Waals surface area contributed by atoms with Crippen molar-refractivity contribution >= 4 is 43.5 Å². The van der Waals surface area contributed by atoms with Crippen LogP contribution in [0.25, 0.3) is 43.5 Å². The van der Waals surface area contributed by atoms with Gasteiger partial charge in [-0.2, -0.15) is 0 Å². The smallest absolute Gasteiger partial charge is 0.233 e. The van der Waals surface area contributed by atoms with Gasteiger partial charge >= 0.3 is 0 Å². The van der Waals surface area contributed by atoms with Gasteiger partial charge in [0.25, 0.3) is 0 Å². The van der Waals surface area contributed by atoms with Gasteiger partial charge < -0.3 is 28.8 Å². The number of methoxy groups -OCH3 is 1. The summed E-state index contributed by atoms with van der Waals surface area (Å²) in [5.41, 5.74) is -1.91. The van der Waals surface area contributed by atoms with Crippen molar-refractivity contribution in [2.75, 3.05) is 7.11 Å². The second-order valence-corrected chi connectivity index (χ2v) is 11.1. The number of phenols is 2. The zero-order valence-corrected chi connectivity index (χ0v) is 23.0. The molecule has 4 aromatic carbocycles. The van der Waals surface area contributed by atoms with Crippen molar-refractivity contribution in [3.05, 3.63) is 69.2 Å². The van der Waals surface area contributed by atoms with E-state index in [1.165, 1.54) is 13.2 Å². The molecule has 2 aliphatic heterocycles. The Morgan fingerprint density at radius 1 is 0.683 bits per heavy atom. The summed E-state index contributed by atoms with van der Waals surface area (Å²) in [6.45, 7) is 7.00. The molecule has 0 saturated carbocycles. The fraction of sp³-hybridized carbons (Fsp3) is 0.355. The first-order valence-electron chi connectivity index (χ1n) is 13.5. The molecule has 3 heterocycles. The maximum absolute atomic E-state index is 14.1. The van der Waals surface area contributed by atoms with Gasteiger partial charge in [0, 0.05) is 40.5 Å². The van der Waals surface area contributed by atoms with Crippen LogP contribution in [-0.4, -0.2) is 29.5 Å². The van der Waals surface area contributed by atoms with Gasteiger partial charge in [0.05, 0.1) is 58.5 Å². The molecule has 0 radical (unpaired) electrons. The number of rotatable bonds is 1. The fourth-order valence-electron chi connectivity index (χ4n) is 6.99. The normalized spacial score (nSPS) is 22.5. The molecule has 0 amide bonds. The van der Waals surface area contributed by atoms with E-state index in [1.807, 2.05) is 6.92 Å². The first kappa shape index (κ1) is 25.7. The Bertz CT molecular complexity index is 2220. The van der Waals surface area contributed by atoms with Gasteiger partial charge in [-0.1, -0.05) is 0 Å². The van der Waals surface area contributed by atoms with Crippen molar-refractivity contribution in [2.24, 2.45) is 0 Å². The number of hydrogen-bond donors (Lipinski definition) is 2. The maximum atomic E-state index is 14.1. The lowest BCUT2D eigenvalue weighted by molar-refractivity contribution is -0.00650. The highest BCUT2D eigenvalue weighted by atomic mass is 16.5. The van der Waals surface area contributed by atoms with Crippen molar-refractivity contribution in [1.29, 1.82) is 0 Å². The van der Waals surface area contributed by atoms with E-state index >= 15 is 0 Å². The predicted octanol–water partition coefficient (Wildman–Crippen LogP) is 3.67. The average Bonchev–Trinajstić information content (AvgIpc) is 3.32. The highest BCUT2D eigenvalue weighted by Crippen LogP contribution is 2.46. The minimum atomic E-state index is -0.832. The molecule has 0 unspecified atom stereocenters. The van der Waals surface area contributed by atoms with Gasteiger partial charge in [0.2, 0.25) is 10.9 Å². The number of phenolic OH excluding ortho intramolecular Hbond substituents is 2. The minimum Gasteiger partial charge on any atom is -0.507 e. The number of ether oxygens (including phenoxy) is 3. The lowest BCUT2D eigenvalue weighted by Crippen LogP contribution is -2.33. The first-order valence-corrected chi connectivity index (χ1v) is 13.5. The third-order valence-corrected chi connectivity index (χ3v) is 8.61. The summed E-state index contributed by atoms with van der Waals surface area (Å²) >= 11 is 0. The van der Waals surface area contributed by atoms with Crippen molar-refractivity contribution in [2.45, 2.75) is 65.0 Å². The van der Waals surface area contributed by atoms with Crippen LogP contribution >= 0.6 is 0 Å². The molecule has 0 aliphatic carbocycles. The number of aromatic hydroxyl groups is 2. The molecule has 0 bridgehead atoms. The maximum Gasteiger partial charge on any atom is 0.233 e. The van der Waals surface area contributed by atoms with Gasteiger partial charge in [-0.05, 0) is 33.8 Å². The van der Waals surface area contributed by atoms with E-state index in [4.69, 9.17) is 18.6 Å². The summed E-state index contributed by atoms with van der Waals surface area (Å²) in [5, 5.41) is 21.6. The van der Waals surface area contributed by atoms with Crippen molar-refractivity contribution in [1.82, 2.24) is 0 Å². The van der Waals surface area contributed by atoms with Gasteiger partial charge in [-0.15, -0.1) is 0 Å². The molecular weight excluding hydrogens is 532 g/mol. The van der Waals surface area contributed by atoms with Crippen LogP contribution in [0.4, 0.5) is 0 Å². The van der Waals surface area contributed by atoms with Gasteiger partial charge in [0.15, 0.2) is 22.0 Å². The van der Waals surface area contributed by atoms with Crippen LogP contribution in [0.3, 0.4) is 0 Å². The predicted molar refractivity (Wildman–Crippen MR) is 151 cm³/mol. The monoisotopic (exact) mass is 558 g/mol. The topological polar surface area (TPSA) is 150 Å². The summed E-state index contributed by atoms with van der Waals surface area (Å²) in [6.07, 6.45) is -1.39. The van der Waals surface area contributed by atoms with E-state index in [2.05, 4.69) is 0 Å². The highest BCUT2D eigenvalue weighted by molar-refractivity contribution is 6.20. The van der Waals surface area contributed by atoms with Crippen LogP contribution < -0.4 is 26.5 Å². The van der Waals surface area contributed by atoms with Crippen LogP contribution in [0, 0.1) is 0 Å². The molecule has 5 aromatic rings. The van der Waals surface area contributed by atoms with Gasteiger partial charge in [-0.25, -0.2) is 0 Å². The number of fused-ring (bicyclic) bond motifs is 8. The number of benzene rings is 4. The quantitative estimate of drug-likeness (QED) is 0.292. The van der Waals surface area contributed by atoms with Crippen molar-refractivity contribution < 1.29 is 28.8 Å². The van der Waals surface area contributed by atoms with E-state index < -0.39 is 45.6 Å². The van der Waals surface area contributed by atoms with Crippen LogP contribution in [-0.2, 0) is 22.3 Å². The molecule has 0 saturated heterocycles. The summed E-state index contributed by atoms with van der Waals surface area (Å²) < 4.78 is 23.2. The van der Waals surface area contributed by atoms with Crippen LogP contribution in [0.2, 0.25) is 0 Å². The lowest BCUT2D eigenvalue weighted by atomic mass is 9.88. The molecule has 0 spiro atoms. The average molecular weight is 559 g/mol. The Morgan fingerprint density at radius 2 is 1.29 bits per heavy atom. The third-order valence-electron chi connectivity index (χ3n) is 8.61. The first-order chi connectivity index (χ1) is 19.5. The molecule has 0 fully saturated rings. The molecule has 41 heavy (non-hydrogen) atoms. The van der Waals surface area contributed by atoms with Gasteiger partial charge in [0.1, 0.15) is 17.2 Å². The molecule has 4 atom stereocenters. The van der Waals surface area contributed by atoms with Crippen LogP contribution in [0.1, 0.15) is 62.2 Å². The Labute approximate surface area is 231 Å². The minimum absolute atomic E-state index is 0.0303. The molecular formula is C31H26O10. The molecule has 7 rings (SSSR count). The number of furan rings is 1. The second-order valence-electron chi connectivity index (χ2n) is 11.1. The molecule has 210 valence electrons. The molecule has 2 N–H and O–H groups in total. The van der Waals surface area contributed by atoms with Crippen molar-refractivity contribution in [3.63, 3.8) is 0 Å². The van der Waals surface area contributed by atoms with Crippen molar-refractivity contribution in [3.8, 4) is 17.2 Å². The van der Waals surface area contributed by atoms with Gasteiger partial charge in [-0.3, -0.25) is 19.2 Å². The largest absolute Gasteiger partial charge is 0.507 e. The third kappa shape index (κ3) is 3.14. The molecule has 1 aromatic heterocycles. The number of hydrogen-bond acceptors (Lipinski definition) is 10. The summed E-state index contributed by atoms with van der Waals surface area (Å²) in [6, 6.07) is 1.39. The second kappa shape index (κ2) is 8.37. The molecule has 2 aliphatic rings. The molecule has 10 heteroatoms. The van der Waals surface area contributed by atoms with E-state index in [-0.39, 0.29) is 85.3 Å². The Hall–Kier alpha value is -4.28.